The minimum Gasteiger partial charge on any atom is -0.361 e. The Morgan fingerprint density at radius 1 is 1.40 bits per heavy atom. The van der Waals surface area contributed by atoms with Gasteiger partial charge in [0.2, 0.25) is 5.37 Å². The van der Waals surface area contributed by atoms with Gasteiger partial charge in [0.15, 0.2) is 15.6 Å². The zero-order chi connectivity index (χ0) is 15.5. The van der Waals surface area contributed by atoms with Crippen molar-refractivity contribution in [2.24, 2.45) is 5.41 Å². The van der Waals surface area contributed by atoms with Gasteiger partial charge in [-0.1, -0.05) is 20.8 Å². The number of ketones is 1. The predicted molar refractivity (Wildman–Crippen MR) is 70.2 cm³/mol. The average molecular weight is 297 g/mol. The SMILES string of the molecule is CC1=C(C(=O)C(C)(C)C)N2C(=O)C(=[N+]=[N-])C2S(=O)(=O)C1. The number of rotatable bonds is 1. The number of carbonyl (C=O) groups excluding carboxylic acids is 2. The Bertz CT molecular complexity index is 705. The summed E-state index contributed by atoms with van der Waals surface area (Å²) in [6.45, 7) is 6.60. The zero-order valence-electron chi connectivity index (χ0n) is 11.7. The number of allylic oxidation sites excluding steroid dienone is 1. The van der Waals surface area contributed by atoms with Crippen LogP contribution >= 0.6 is 0 Å². The quantitative estimate of drug-likeness (QED) is 0.389. The highest BCUT2D eigenvalue weighted by atomic mass is 32.2. The first kappa shape index (κ1) is 14.6. The zero-order valence-corrected chi connectivity index (χ0v) is 12.5. The molecule has 0 aromatic heterocycles. The van der Waals surface area contributed by atoms with Crippen molar-refractivity contribution in [3.63, 3.8) is 0 Å². The summed E-state index contributed by atoms with van der Waals surface area (Å²) in [5.74, 6) is -1.37. The Labute approximate surface area is 116 Å². The second-order valence-corrected chi connectivity index (χ2v) is 8.09. The number of nitrogens with zero attached hydrogens (tertiary/aromatic N) is 3. The van der Waals surface area contributed by atoms with Crippen LogP contribution in [0, 0.1) is 5.41 Å². The van der Waals surface area contributed by atoms with E-state index in [-0.39, 0.29) is 17.2 Å². The largest absolute Gasteiger partial charge is 0.394 e. The van der Waals surface area contributed by atoms with E-state index in [2.05, 4.69) is 4.79 Å². The third-order valence-corrected chi connectivity index (χ3v) is 5.26. The molecule has 0 radical (unpaired) electrons. The molecule has 108 valence electrons. The van der Waals surface area contributed by atoms with Crippen LogP contribution in [0.15, 0.2) is 11.3 Å². The summed E-state index contributed by atoms with van der Waals surface area (Å²) in [5.41, 5.74) is 8.02. The van der Waals surface area contributed by atoms with Crippen molar-refractivity contribution in [2.45, 2.75) is 33.1 Å². The number of sulfone groups is 1. The highest BCUT2D eigenvalue weighted by molar-refractivity contribution is 7.93. The lowest BCUT2D eigenvalue weighted by molar-refractivity contribution is -0.138. The van der Waals surface area contributed by atoms with Gasteiger partial charge < -0.3 is 5.53 Å². The molecule has 7 nitrogen and oxygen atoms in total. The fourth-order valence-electron chi connectivity index (χ4n) is 2.35. The highest BCUT2D eigenvalue weighted by Crippen LogP contribution is 2.37. The van der Waals surface area contributed by atoms with Gasteiger partial charge >= 0.3 is 11.6 Å². The minimum absolute atomic E-state index is 0.106. The van der Waals surface area contributed by atoms with Crippen LogP contribution in [0.4, 0.5) is 0 Å². The number of hydrogen-bond donors (Lipinski definition) is 0. The molecular formula is C12H15N3O4S. The van der Waals surface area contributed by atoms with Gasteiger partial charge in [-0.25, -0.2) is 8.42 Å². The topological polar surface area (TPSA) is 108 Å². The number of β-lactam (4-membered cyclic amide) rings is 1. The van der Waals surface area contributed by atoms with Crippen molar-refractivity contribution < 1.29 is 22.8 Å². The first-order valence-corrected chi connectivity index (χ1v) is 7.75. The van der Waals surface area contributed by atoms with Crippen LogP contribution in [0.3, 0.4) is 0 Å². The molecule has 8 heteroatoms. The van der Waals surface area contributed by atoms with Crippen LogP contribution in [-0.2, 0) is 19.4 Å². The molecule has 20 heavy (non-hydrogen) atoms. The van der Waals surface area contributed by atoms with Gasteiger partial charge in [-0.2, -0.15) is 4.79 Å². The molecular weight excluding hydrogens is 282 g/mol. The third kappa shape index (κ3) is 1.83. The summed E-state index contributed by atoms with van der Waals surface area (Å²) >= 11 is 0. The summed E-state index contributed by atoms with van der Waals surface area (Å²) in [6.07, 6.45) is 0. The maximum absolute atomic E-state index is 12.4. The van der Waals surface area contributed by atoms with Gasteiger partial charge in [-0.05, 0) is 12.5 Å². The summed E-state index contributed by atoms with van der Waals surface area (Å²) in [4.78, 5) is 28.0. The van der Waals surface area contributed by atoms with Crippen molar-refractivity contribution >= 4 is 27.2 Å². The van der Waals surface area contributed by atoms with E-state index in [0.717, 1.165) is 4.90 Å². The third-order valence-electron chi connectivity index (χ3n) is 3.31. The molecule has 1 atom stereocenters. The predicted octanol–water partition coefficient (Wildman–Crippen LogP) is 0.143. The van der Waals surface area contributed by atoms with E-state index in [4.69, 9.17) is 5.53 Å². The van der Waals surface area contributed by atoms with E-state index in [0.29, 0.717) is 5.57 Å². The van der Waals surface area contributed by atoms with Crippen molar-refractivity contribution in [3.05, 3.63) is 16.8 Å². The summed E-state index contributed by atoms with van der Waals surface area (Å²) in [5, 5.41) is -1.34. The van der Waals surface area contributed by atoms with Crippen LogP contribution in [0.1, 0.15) is 27.7 Å². The Morgan fingerprint density at radius 2 is 1.95 bits per heavy atom. The molecule has 0 N–H and O–H groups in total. The average Bonchev–Trinajstić information content (AvgIpc) is 2.28. The van der Waals surface area contributed by atoms with E-state index in [1.165, 1.54) is 6.92 Å². The standard InChI is InChI=1S/C12H15N3O4S/c1-6-5-20(18,19)11-7(14-13)10(17)15(11)8(6)9(16)12(2,3)4/h11H,5H2,1-4H3. The summed E-state index contributed by atoms with van der Waals surface area (Å²) < 4.78 is 24.1. The maximum Gasteiger partial charge on any atom is 0.394 e. The number of carbonyl (C=O) groups is 2. The molecule has 0 aliphatic carbocycles. The number of fused-ring (bicyclic) bond motifs is 1. The molecule has 2 aliphatic rings. The first-order valence-electron chi connectivity index (χ1n) is 6.04. The van der Waals surface area contributed by atoms with E-state index in [9.17, 15) is 18.0 Å². The van der Waals surface area contributed by atoms with Crippen LogP contribution in [0.5, 0.6) is 0 Å². The lowest BCUT2D eigenvalue weighted by Gasteiger charge is -2.41. The number of amides is 1. The molecule has 1 unspecified atom stereocenters. The molecule has 2 aliphatic heterocycles. The van der Waals surface area contributed by atoms with Gasteiger partial charge in [0, 0.05) is 5.41 Å². The van der Waals surface area contributed by atoms with E-state index in [1.54, 1.807) is 20.8 Å². The Kier molecular flexibility index (Phi) is 3.00. The molecule has 1 fully saturated rings. The molecule has 2 heterocycles. The molecule has 0 saturated carbocycles. The Morgan fingerprint density at radius 3 is 2.40 bits per heavy atom. The van der Waals surface area contributed by atoms with Gasteiger partial charge in [0.1, 0.15) is 0 Å². The minimum atomic E-state index is -3.67. The van der Waals surface area contributed by atoms with Crippen molar-refractivity contribution in [3.8, 4) is 0 Å². The van der Waals surface area contributed by atoms with Crippen molar-refractivity contribution in [1.29, 1.82) is 0 Å². The van der Waals surface area contributed by atoms with E-state index >= 15 is 0 Å². The van der Waals surface area contributed by atoms with Gasteiger partial charge in [0.05, 0.1) is 11.4 Å². The van der Waals surface area contributed by atoms with Crippen LogP contribution < -0.4 is 0 Å². The van der Waals surface area contributed by atoms with Gasteiger partial charge in [-0.3, -0.25) is 14.5 Å². The van der Waals surface area contributed by atoms with E-state index in [1.807, 2.05) is 0 Å². The smallest absolute Gasteiger partial charge is 0.361 e. The van der Waals surface area contributed by atoms with Crippen LogP contribution in [0.25, 0.3) is 5.53 Å². The summed E-state index contributed by atoms with van der Waals surface area (Å²) in [6, 6.07) is 0. The highest BCUT2D eigenvalue weighted by Gasteiger charge is 2.63. The summed E-state index contributed by atoms with van der Waals surface area (Å²) in [7, 11) is -3.67. The van der Waals surface area contributed by atoms with Crippen LogP contribution in [-0.4, -0.2) is 46.6 Å². The Balaban J connectivity index is 2.63. The fraction of sp³-hybridized carbons (Fsp3) is 0.583. The second kappa shape index (κ2) is 4.10. The van der Waals surface area contributed by atoms with Gasteiger partial charge in [-0.15, -0.1) is 0 Å². The van der Waals surface area contributed by atoms with Gasteiger partial charge in [0.25, 0.3) is 0 Å². The number of Topliss-reactive ketones (excluding diaryl/α,β-unsaturated/α-hetero) is 1. The molecule has 0 aromatic rings. The molecule has 0 spiro atoms. The number of hydrogen-bond acceptors (Lipinski definition) is 4. The molecule has 0 aromatic carbocycles. The Hall–Kier alpha value is -1.79. The van der Waals surface area contributed by atoms with Crippen molar-refractivity contribution in [1.82, 2.24) is 4.90 Å². The fourth-order valence-corrected chi connectivity index (χ4v) is 4.26. The first-order chi connectivity index (χ1) is 9.02. The normalized spacial score (nSPS) is 25.0. The molecule has 0 bridgehead atoms. The molecule has 2 rings (SSSR count). The molecule has 1 saturated heterocycles. The van der Waals surface area contributed by atoms with Crippen molar-refractivity contribution in [2.75, 3.05) is 5.75 Å². The van der Waals surface area contributed by atoms with Crippen LogP contribution in [0.2, 0.25) is 0 Å². The lowest BCUT2D eigenvalue weighted by Crippen LogP contribution is -2.68. The maximum atomic E-state index is 12.4. The lowest BCUT2D eigenvalue weighted by atomic mass is 9.86. The monoisotopic (exact) mass is 297 g/mol. The van der Waals surface area contributed by atoms with E-state index < -0.39 is 32.2 Å². The molecule has 1 amide bonds. The second-order valence-electron chi connectivity index (χ2n) is 6.03.